The summed E-state index contributed by atoms with van der Waals surface area (Å²) in [5.74, 6) is -0.290. The van der Waals surface area contributed by atoms with Gasteiger partial charge in [-0.1, -0.05) is 105 Å². The van der Waals surface area contributed by atoms with Gasteiger partial charge in [-0.25, -0.2) is 15.0 Å². The number of imide groups is 1. The van der Waals surface area contributed by atoms with Crippen molar-refractivity contribution in [3.8, 4) is 11.5 Å². The number of imidazole rings is 1. The lowest BCUT2D eigenvalue weighted by molar-refractivity contribution is -0.177. The fraction of sp³-hybridized carbons (Fsp3) is 0.255. The Morgan fingerprint density at radius 2 is 1.42 bits per heavy atom. The molecule has 2 aliphatic heterocycles. The van der Waals surface area contributed by atoms with Crippen molar-refractivity contribution >= 4 is 34.7 Å². The number of nitrogens with one attached hydrogen (secondary N) is 1. The lowest BCUT2D eigenvalue weighted by Crippen LogP contribution is -2.44. The highest BCUT2D eigenvalue weighted by Gasteiger charge is 2.52. The molecule has 0 aliphatic carbocycles. The summed E-state index contributed by atoms with van der Waals surface area (Å²) in [5, 5.41) is 16.0. The number of carbonyl (C=O) groups is 3. The molecule has 5 aromatic carbocycles. The molecule has 4 atom stereocenters. The summed E-state index contributed by atoms with van der Waals surface area (Å²) in [6.07, 6.45) is 0.828. The Kier molecular flexibility index (Phi) is 12.7. The molecule has 2 aromatic heterocycles. The van der Waals surface area contributed by atoms with Crippen LogP contribution in [-0.4, -0.2) is 86.5 Å². The van der Waals surface area contributed by atoms with Gasteiger partial charge < -0.3 is 29.4 Å². The van der Waals surface area contributed by atoms with Gasteiger partial charge >= 0.3 is 0 Å². The smallest absolute Gasteiger partial charge is 0.286 e. The van der Waals surface area contributed by atoms with Crippen molar-refractivity contribution in [2.45, 2.75) is 62.7 Å². The van der Waals surface area contributed by atoms with Gasteiger partial charge in [0, 0.05) is 5.56 Å². The first-order valence-electron chi connectivity index (χ1n) is 21.8. The molecule has 2 aliphatic rings. The molecule has 1 fully saturated rings. The number of aromatic nitrogens is 4. The van der Waals surface area contributed by atoms with Gasteiger partial charge in [0.1, 0.15) is 35.6 Å². The molecule has 4 heterocycles. The lowest BCUT2D eigenvalue weighted by atomic mass is 9.80. The van der Waals surface area contributed by atoms with Crippen LogP contribution in [0.1, 0.15) is 85.7 Å². The maximum Gasteiger partial charge on any atom is 0.286 e. The summed E-state index contributed by atoms with van der Waals surface area (Å²) in [4.78, 5) is 61.4. The number of hydrogen-bond donors (Lipinski definition) is 2. The number of fused-ring (bicyclic) bond motifs is 2. The summed E-state index contributed by atoms with van der Waals surface area (Å²) < 4.78 is 26.5. The average Bonchev–Trinajstić information content (AvgIpc) is 4.01. The van der Waals surface area contributed by atoms with Gasteiger partial charge in [0.2, 0.25) is 0 Å². The van der Waals surface area contributed by atoms with E-state index in [1.165, 1.54) is 17.2 Å². The Bertz CT molecular complexity index is 2790. The van der Waals surface area contributed by atoms with E-state index in [1.807, 2.05) is 91.0 Å². The van der Waals surface area contributed by atoms with Gasteiger partial charge in [-0.3, -0.25) is 23.8 Å². The van der Waals surface area contributed by atoms with Crippen molar-refractivity contribution < 1.29 is 43.3 Å². The molecule has 0 radical (unpaired) electrons. The fourth-order valence-electron chi connectivity index (χ4n) is 8.70. The minimum absolute atomic E-state index is 0.131. The second-order valence-electron chi connectivity index (χ2n) is 16.0. The summed E-state index contributed by atoms with van der Waals surface area (Å²) >= 11 is 0. The van der Waals surface area contributed by atoms with Crippen molar-refractivity contribution in [2.75, 3.05) is 26.1 Å². The van der Waals surface area contributed by atoms with E-state index in [0.29, 0.717) is 28.5 Å². The molecule has 9 rings (SSSR count). The quantitative estimate of drug-likeness (QED) is 0.0519. The Hall–Kier alpha value is -7.30. The zero-order chi connectivity index (χ0) is 45.8. The number of ether oxygens (including phenoxy) is 4. The predicted octanol–water partition coefficient (Wildman–Crippen LogP) is 7.69. The standard InChI is InChI=1S/C51H48N6O9/c1-4-5-8-14-32-17-13-20-39-41(32)49(61)57(48(39)60)66-44-43(58)40(65-50(44)56-31-54-42-45(52-30-53-46(42)56)55-47(59)33-15-9-6-10-16-33)29-64-51(34-18-11-7-12-19-34,35-21-25-37(62-2)26-22-35)36-23-27-38(63-3)28-24-36/h6-7,9-13,15-28,30-31,40,43-44,50,58H,4-5,8,14,29H2,1-3H3,(H,52,53,55,59)/t40-,43-,44-,50-/m1/s1. The first kappa shape index (κ1) is 43.9. The van der Waals surface area contributed by atoms with Crippen molar-refractivity contribution in [1.82, 2.24) is 24.6 Å². The molecule has 1 saturated heterocycles. The molecule has 336 valence electrons. The molecular weight excluding hydrogens is 841 g/mol. The Balaban J connectivity index is 1.10. The first-order chi connectivity index (χ1) is 32.2. The highest BCUT2D eigenvalue weighted by Crippen LogP contribution is 2.44. The number of anilines is 1. The van der Waals surface area contributed by atoms with E-state index in [2.05, 4.69) is 27.2 Å². The number of aliphatic hydroxyl groups is 1. The number of hydrogen-bond acceptors (Lipinski definition) is 12. The van der Waals surface area contributed by atoms with Crippen molar-refractivity contribution in [3.63, 3.8) is 0 Å². The lowest BCUT2D eigenvalue weighted by Gasteiger charge is -2.37. The number of unbranched alkanes of at least 4 members (excludes halogenated alkanes) is 2. The van der Waals surface area contributed by atoms with E-state index in [1.54, 1.807) is 50.6 Å². The number of benzene rings is 5. The number of aliphatic hydroxyl groups excluding tert-OH is 1. The van der Waals surface area contributed by atoms with Crippen LogP contribution >= 0.6 is 0 Å². The molecule has 0 saturated carbocycles. The zero-order valence-corrected chi connectivity index (χ0v) is 36.6. The fourth-order valence-corrected chi connectivity index (χ4v) is 8.70. The minimum atomic E-state index is -1.50. The summed E-state index contributed by atoms with van der Waals surface area (Å²) in [7, 11) is 3.19. The molecule has 7 aromatic rings. The number of rotatable bonds is 17. The van der Waals surface area contributed by atoms with Crippen LogP contribution in [0, 0.1) is 0 Å². The van der Waals surface area contributed by atoms with Gasteiger partial charge in [0.15, 0.2) is 29.3 Å². The molecule has 15 heteroatoms. The largest absolute Gasteiger partial charge is 0.497 e. The topological polar surface area (TPSA) is 176 Å². The van der Waals surface area contributed by atoms with Gasteiger partial charge in [-0.2, -0.15) is 0 Å². The van der Waals surface area contributed by atoms with Crippen LogP contribution in [0.5, 0.6) is 11.5 Å². The van der Waals surface area contributed by atoms with Crippen LogP contribution in [0.2, 0.25) is 0 Å². The SMILES string of the molecule is CCCCCc1cccc2c1C(=O)N(O[C@@H]1[C@H](O)[C@@H](COC(c3ccccc3)(c3ccc(OC)cc3)c3ccc(OC)cc3)O[C@H]1n1cnc3c(NC(=O)c4ccccc4)ncnc31)C2=O. The highest BCUT2D eigenvalue weighted by molar-refractivity contribution is 6.21. The molecule has 0 unspecified atom stereocenters. The Morgan fingerprint density at radius 3 is 2.08 bits per heavy atom. The van der Waals surface area contributed by atoms with Gasteiger partial charge in [-0.15, -0.1) is 5.06 Å². The minimum Gasteiger partial charge on any atom is -0.497 e. The number of hydroxylamine groups is 2. The molecule has 15 nitrogen and oxygen atoms in total. The van der Waals surface area contributed by atoms with Crippen LogP contribution in [-0.2, 0) is 26.3 Å². The Morgan fingerprint density at radius 1 is 0.773 bits per heavy atom. The molecule has 3 amide bonds. The summed E-state index contributed by atoms with van der Waals surface area (Å²) in [6, 6.07) is 38.6. The maximum absolute atomic E-state index is 14.3. The van der Waals surface area contributed by atoms with E-state index >= 15 is 0 Å². The Labute approximate surface area is 380 Å². The average molecular weight is 889 g/mol. The van der Waals surface area contributed by atoms with E-state index in [9.17, 15) is 19.5 Å². The second-order valence-corrected chi connectivity index (χ2v) is 16.0. The molecule has 66 heavy (non-hydrogen) atoms. The predicted molar refractivity (Wildman–Crippen MR) is 243 cm³/mol. The van der Waals surface area contributed by atoms with Gasteiger partial charge in [-0.05, 0) is 77.6 Å². The van der Waals surface area contributed by atoms with Crippen molar-refractivity contribution in [1.29, 1.82) is 0 Å². The van der Waals surface area contributed by atoms with Crippen molar-refractivity contribution in [3.05, 3.63) is 179 Å². The van der Waals surface area contributed by atoms with Crippen molar-refractivity contribution in [2.24, 2.45) is 0 Å². The van der Waals surface area contributed by atoms with Crippen LogP contribution in [0.15, 0.2) is 140 Å². The number of carbonyl (C=O) groups excluding carboxylic acids is 3. The van der Waals surface area contributed by atoms with Gasteiger partial charge in [0.05, 0.1) is 38.3 Å². The normalized spacial score (nSPS) is 18.2. The maximum atomic E-state index is 14.3. The first-order valence-corrected chi connectivity index (χ1v) is 21.8. The number of amides is 3. The third kappa shape index (κ3) is 8.17. The van der Waals surface area contributed by atoms with E-state index < -0.39 is 47.9 Å². The second kappa shape index (κ2) is 19.0. The summed E-state index contributed by atoms with van der Waals surface area (Å²) in [5.41, 5.74) is 3.07. The monoisotopic (exact) mass is 888 g/mol. The van der Waals surface area contributed by atoms with E-state index in [0.717, 1.165) is 41.5 Å². The molecule has 2 N–H and O–H groups in total. The number of methoxy groups -OCH3 is 2. The van der Waals surface area contributed by atoms with E-state index in [-0.39, 0.29) is 34.7 Å². The molecule has 0 bridgehead atoms. The van der Waals surface area contributed by atoms with Crippen LogP contribution in [0.3, 0.4) is 0 Å². The summed E-state index contributed by atoms with van der Waals surface area (Å²) in [6.45, 7) is 1.87. The van der Waals surface area contributed by atoms with Crippen LogP contribution < -0.4 is 14.8 Å². The zero-order valence-electron chi connectivity index (χ0n) is 36.6. The number of nitrogens with zero attached hydrogens (tertiary/aromatic N) is 5. The number of aryl methyl sites for hydroxylation is 1. The van der Waals surface area contributed by atoms with E-state index in [4.69, 9.17) is 23.8 Å². The highest BCUT2D eigenvalue weighted by atomic mass is 16.7. The third-order valence-electron chi connectivity index (χ3n) is 12.1. The van der Waals surface area contributed by atoms with Crippen LogP contribution in [0.25, 0.3) is 11.2 Å². The van der Waals surface area contributed by atoms with Crippen LogP contribution in [0.4, 0.5) is 5.82 Å². The third-order valence-corrected chi connectivity index (χ3v) is 12.1. The molecule has 0 spiro atoms. The molecular formula is C51H48N6O9. The van der Waals surface area contributed by atoms with Gasteiger partial charge in [0.25, 0.3) is 17.7 Å².